The first-order valence-electron chi connectivity index (χ1n) is 9.04. The fourth-order valence-corrected chi connectivity index (χ4v) is 5.37. The molecule has 0 unspecified atom stereocenters. The Hall–Kier alpha value is -1.14. The first-order chi connectivity index (χ1) is 11.5. The van der Waals surface area contributed by atoms with Crippen LogP contribution in [0.2, 0.25) is 0 Å². The molecule has 0 saturated heterocycles. The largest absolute Gasteiger partial charge is 0.383 e. The highest BCUT2D eigenvalue weighted by Gasteiger charge is 2.38. The summed E-state index contributed by atoms with van der Waals surface area (Å²) in [5.41, 5.74) is 1.64. The molecular formula is C19H33N3O2S. The summed E-state index contributed by atoms with van der Waals surface area (Å²) < 4.78 is 7.25. The van der Waals surface area contributed by atoms with E-state index in [1.54, 1.807) is 18.4 Å². The third-order valence-electron chi connectivity index (χ3n) is 4.99. The molecule has 25 heavy (non-hydrogen) atoms. The first-order valence-corrected chi connectivity index (χ1v) is 9.86. The van der Waals surface area contributed by atoms with Gasteiger partial charge >= 0.3 is 6.03 Å². The molecule has 142 valence electrons. The van der Waals surface area contributed by atoms with Crippen LogP contribution in [0.4, 0.5) is 4.79 Å². The molecular weight excluding hydrogens is 334 g/mol. The average Bonchev–Trinajstić information content (AvgIpc) is 2.67. The zero-order valence-corrected chi connectivity index (χ0v) is 17.5. The van der Waals surface area contributed by atoms with Crippen molar-refractivity contribution in [2.75, 3.05) is 13.7 Å². The molecule has 0 bridgehead atoms. The van der Waals surface area contributed by atoms with E-state index in [0.29, 0.717) is 13.2 Å². The lowest BCUT2D eigenvalue weighted by atomic mass is 9.63. The fourth-order valence-electron chi connectivity index (χ4n) is 4.37. The Kier molecular flexibility index (Phi) is 6.15. The zero-order chi connectivity index (χ0) is 18.8. The van der Waals surface area contributed by atoms with Gasteiger partial charge in [-0.2, -0.15) is 4.99 Å². The molecule has 2 amide bonds. The molecule has 0 aliphatic heterocycles. The van der Waals surface area contributed by atoms with E-state index in [4.69, 9.17) is 4.74 Å². The van der Waals surface area contributed by atoms with Gasteiger partial charge in [-0.3, -0.25) is 0 Å². The molecule has 1 heterocycles. The highest BCUT2D eigenvalue weighted by atomic mass is 32.1. The summed E-state index contributed by atoms with van der Waals surface area (Å²) >= 11 is 1.56. The molecule has 6 heteroatoms. The Bertz CT molecular complexity index is 669. The molecule has 2 rings (SSSR count). The highest BCUT2D eigenvalue weighted by molar-refractivity contribution is 7.09. The first kappa shape index (κ1) is 20.2. The van der Waals surface area contributed by atoms with Crippen molar-refractivity contribution in [1.29, 1.82) is 0 Å². The number of methoxy groups -OCH3 is 1. The standard InChI is InChI=1S/C19H33N3O2S/c1-13-14(2)25-17(22(13)8-9-24-7)21-16(23)20-15-10-18(3,4)12-19(5,6)11-15/h15H,8-12H2,1-7H3,(H,20,23)/b21-17-. The number of hydrogen-bond donors (Lipinski definition) is 1. The van der Waals surface area contributed by atoms with Gasteiger partial charge < -0.3 is 14.6 Å². The number of ether oxygens (including phenoxy) is 1. The number of nitrogens with one attached hydrogen (secondary N) is 1. The summed E-state index contributed by atoms with van der Waals surface area (Å²) in [6, 6.07) is -0.0458. The van der Waals surface area contributed by atoms with Gasteiger partial charge in [0.1, 0.15) is 0 Å². The van der Waals surface area contributed by atoms with Gasteiger partial charge in [-0.15, -0.1) is 11.3 Å². The van der Waals surface area contributed by atoms with Crippen molar-refractivity contribution < 1.29 is 9.53 Å². The summed E-state index contributed by atoms with van der Waals surface area (Å²) in [4.78, 5) is 18.8. The van der Waals surface area contributed by atoms with Crippen LogP contribution in [-0.2, 0) is 11.3 Å². The summed E-state index contributed by atoms with van der Waals surface area (Å²) in [5.74, 6) is 0. The van der Waals surface area contributed by atoms with E-state index < -0.39 is 0 Å². The number of carbonyl (C=O) groups is 1. The molecule has 1 aromatic rings. The van der Waals surface area contributed by atoms with E-state index in [1.165, 1.54) is 11.3 Å². The number of urea groups is 1. The fraction of sp³-hybridized carbons (Fsp3) is 0.789. The smallest absolute Gasteiger partial charge is 0.343 e. The second-order valence-electron chi connectivity index (χ2n) is 8.84. The molecule has 1 aliphatic rings. The van der Waals surface area contributed by atoms with Gasteiger partial charge in [0.15, 0.2) is 4.80 Å². The minimum Gasteiger partial charge on any atom is -0.383 e. The number of amides is 2. The third-order valence-corrected chi connectivity index (χ3v) is 6.08. The van der Waals surface area contributed by atoms with Crippen molar-refractivity contribution in [3.8, 4) is 0 Å². The van der Waals surface area contributed by atoms with Crippen LogP contribution in [0.3, 0.4) is 0 Å². The molecule has 0 spiro atoms. The minimum atomic E-state index is -0.231. The number of thiazole rings is 1. The number of nitrogens with zero attached hydrogens (tertiary/aromatic N) is 2. The van der Waals surface area contributed by atoms with E-state index in [-0.39, 0.29) is 22.9 Å². The van der Waals surface area contributed by atoms with Gasteiger partial charge in [-0.05, 0) is 43.9 Å². The quantitative estimate of drug-likeness (QED) is 0.873. The van der Waals surface area contributed by atoms with Gasteiger partial charge in [0.25, 0.3) is 0 Å². The van der Waals surface area contributed by atoms with Crippen LogP contribution in [0, 0.1) is 24.7 Å². The highest BCUT2D eigenvalue weighted by Crippen LogP contribution is 2.45. The number of aromatic nitrogens is 1. The number of carbonyl (C=O) groups excluding carboxylic acids is 1. The lowest BCUT2D eigenvalue weighted by Crippen LogP contribution is -2.45. The molecule has 1 N–H and O–H groups in total. The SMILES string of the molecule is COCCn1c(C)c(C)s/c1=N\C(=O)NC1CC(C)(C)CC(C)(C)C1. The Morgan fingerprint density at radius 3 is 2.44 bits per heavy atom. The predicted molar refractivity (Wildman–Crippen MR) is 103 cm³/mol. The number of rotatable bonds is 4. The topological polar surface area (TPSA) is 55.6 Å². The van der Waals surface area contributed by atoms with Crippen molar-refractivity contribution in [1.82, 2.24) is 9.88 Å². The van der Waals surface area contributed by atoms with Crippen LogP contribution < -0.4 is 10.1 Å². The van der Waals surface area contributed by atoms with Crippen LogP contribution in [0.5, 0.6) is 0 Å². The molecule has 1 aliphatic carbocycles. The van der Waals surface area contributed by atoms with E-state index in [1.807, 2.05) is 0 Å². The Balaban J connectivity index is 2.16. The molecule has 1 saturated carbocycles. The molecule has 1 fully saturated rings. The molecule has 5 nitrogen and oxygen atoms in total. The predicted octanol–water partition coefficient (Wildman–Crippen LogP) is 4.03. The maximum Gasteiger partial charge on any atom is 0.343 e. The van der Waals surface area contributed by atoms with Gasteiger partial charge in [0.2, 0.25) is 0 Å². The third kappa shape index (κ3) is 5.42. The van der Waals surface area contributed by atoms with Crippen LogP contribution in [0.1, 0.15) is 57.5 Å². The molecule has 1 aromatic heterocycles. The average molecular weight is 368 g/mol. The Labute approximate surface area is 155 Å². The summed E-state index contributed by atoms with van der Waals surface area (Å²) in [5, 5.41) is 3.15. The lowest BCUT2D eigenvalue weighted by molar-refractivity contribution is 0.0889. The van der Waals surface area contributed by atoms with Crippen LogP contribution in [0.15, 0.2) is 4.99 Å². The van der Waals surface area contributed by atoms with Gasteiger partial charge in [0.05, 0.1) is 6.61 Å². The van der Waals surface area contributed by atoms with Gasteiger partial charge in [0, 0.05) is 30.3 Å². The number of hydrogen-bond acceptors (Lipinski definition) is 3. The van der Waals surface area contributed by atoms with Crippen molar-refractivity contribution in [3.05, 3.63) is 15.4 Å². The summed E-state index contributed by atoms with van der Waals surface area (Å²) in [6.07, 6.45) is 3.19. The van der Waals surface area contributed by atoms with Crippen molar-refractivity contribution in [3.63, 3.8) is 0 Å². The Morgan fingerprint density at radius 1 is 1.28 bits per heavy atom. The van der Waals surface area contributed by atoms with E-state index >= 15 is 0 Å². The van der Waals surface area contributed by atoms with Gasteiger partial charge in [-0.25, -0.2) is 4.79 Å². The number of aryl methyl sites for hydroxylation is 1. The monoisotopic (exact) mass is 367 g/mol. The second-order valence-corrected chi connectivity index (χ2v) is 10.0. The zero-order valence-electron chi connectivity index (χ0n) is 16.7. The Morgan fingerprint density at radius 2 is 1.88 bits per heavy atom. The van der Waals surface area contributed by atoms with Crippen molar-refractivity contribution >= 4 is 17.4 Å². The normalized spacial score (nSPS) is 20.7. The van der Waals surface area contributed by atoms with Crippen molar-refractivity contribution in [2.45, 2.75) is 73.4 Å². The molecule has 0 radical (unpaired) electrons. The summed E-state index contributed by atoms with van der Waals surface area (Å²) in [6.45, 7) is 14.6. The summed E-state index contributed by atoms with van der Waals surface area (Å²) in [7, 11) is 1.69. The van der Waals surface area contributed by atoms with E-state index in [0.717, 1.165) is 23.3 Å². The van der Waals surface area contributed by atoms with Crippen LogP contribution >= 0.6 is 11.3 Å². The van der Waals surface area contributed by atoms with Crippen molar-refractivity contribution in [2.24, 2.45) is 15.8 Å². The van der Waals surface area contributed by atoms with Crippen LogP contribution in [-0.4, -0.2) is 30.4 Å². The lowest BCUT2D eigenvalue weighted by Gasteiger charge is -2.44. The second kappa shape index (κ2) is 7.62. The maximum absolute atomic E-state index is 12.5. The van der Waals surface area contributed by atoms with E-state index in [2.05, 4.69) is 56.4 Å². The molecule has 0 atom stereocenters. The van der Waals surface area contributed by atoms with Gasteiger partial charge in [-0.1, -0.05) is 27.7 Å². The minimum absolute atomic E-state index is 0.185. The van der Waals surface area contributed by atoms with Crippen LogP contribution in [0.25, 0.3) is 0 Å². The maximum atomic E-state index is 12.5. The van der Waals surface area contributed by atoms with E-state index in [9.17, 15) is 4.79 Å². The molecule has 0 aromatic carbocycles.